The lowest BCUT2D eigenvalue weighted by Gasteiger charge is -2.31. The number of hydrogen-bond acceptors (Lipinski definition) is 4. The summed E-state index contributed by atoms with van der Waals surface area (Å²) in [5.74, 6) is 1.17. The number of nitrogens with one attached hydrogen (secondary N) is 1. The van der Waals surface area contributed by atoms with Crippen LogP contribution in [0.4, 0.5) is 5.95 Å². The molecule has 5 nitrogen and oxygen atoms in total. The molecule has 1 atom stereocenters. The second-order valence-electron chi connectivity index (χ2n) is 6.64. The Hall–Kier alpha value is -1.65. The zero-order valence-electron chi connectivity index (χ0n) is 12.8. The van der Waals surface area contributed by atoms with Crippen LogP contribution in [0.5, 0.6) is 0 Å². The van der Waals surface area contributed by atoms with Gasteiger partial charge in [-0.05, 0) is 45.6 Å². The van der Waals surface area contributed by atoms with Crippen LogP contribution >= 0.6 is 0 Å². The summed E-state index contributed by atoms with van der Waals surface area (Å²) in [7, 11) is 0. The van der Waals surface area contributed by atoms with Crippen LogP contribution in [0.25, 0.3) is 0 Å². The minimum absolute atomic E-state index is 0.147. The van der Waals surface area contributed by atoms with Crippen molar-refractivity contribution in [2.24, 2.45) is 5.92 Å². The highest BCUT2D eigenvalue weighted by Gasteiger charge is 2.21. The van der Waals surface area contributed by atoms with E-state index in [9.17, 15) is 4.79 Å². The van der Waals surface area contributed by atoms with Gasteiger partial charge < -0.3 is 10.2 Å². The summed E-state index contributed by atoms with van der Waals surface area (Å²) in [5, 5.41) is 2.93. The molecular weight excluding hydrogens is 252 g/mol. The van der Waals surface area contributed by atoms with Gasteiger partial charge in [0.2, 0.25) is 5.95 Å². The van der Waals surface area contributed by atoms with Crippen molar-refractivity contribution in [2.75, 3.05) is 18.0 Å². The summed E-state index contributed by atoms with van der Waals surface area (Å²) in [5.41, 5.74) is 0.171. The first-order valence-electron chi connectivity index (χ1n) is 7.26. The molecule has 1 amide bonds. The van der Waals surface area contributed by atoms with Crippen molar-refractivity contribution in [2.45, 2.75) is 46.1 Å². The molecule has 110 valence electrons. The van der Waals surface area contributed by atoms with E-state index in [2.05, 4.69) is 27.1 Å². The first-order valence-corrected chi connectivity index (χ1v) is 7.26. The van der Waals surface area contributed by atoms with Gasteiger partial charge in [0.25, 0.3) is 5.91 Å². The Morgan fingerprint density at radius 1 is 1.45 bits per heavy atom. The van der Waals surface area contributed by atoms with Crippen LogP contribution in [0, 0.1) is 5.92 Å². The van der Waals surface area contributed by atoms with Crippen LogP contribution in [-0.4, -0.2) is 34.5 Å². The minimum Gasteiger partial charge on any atom is -0.346 e. The summed E-state index contributed by atoms with van der Waals surface area (Å²) < 4.78 is 0. The zero-order chi connectivity index (χ0) is 14.8. The quantitative estimate of drug-likeness (QED) is 0.900. The summed E-state index contributed by atoms with van der Waals surface area (Å²) in [4.78, 5) is 23.0. The van der Waals surface area contributed by atoms with Crippen LogP contribution in [0.1, 0.15) is 51.0 Å². The molecule has 1 aromatic rings. The van der Waals surface area contributed by atoms with Crippen LogP contribution in [0.3, 0.4) is 0 Å². The third-order valence-corrected chi connectivity index (χ3v) is 3.30. The van der Waals surface area contributed by atoms with Gasteiger partial charge in [0.1, 0.15) is 5.69 Å². The van der Waals surface area contributed by atoms with E-state index in [1.54, 1.807) is 12.3 Å². The van der Waals surface area contributed by atoms with Crippen molar-refractivity contribution in [3.63, 3.8) is 0 Å². The number of amides is 1. The molecule has 0 saturated carbocycles. The molecule has 20 heavy (non-hydrogen) atoms. The summed E-state index contributed by atoms with van der Waals surface area (Å²) in [6.07, 6.45) is 4.07. The topological polar surface area (TPSA) is 58.1 Å². The monoisotopic (exact) mass is 276 g/mol. The van der Waals surface area contributed by atoms with Gasteiger partial charge in [0, 0.05) is 24.8 Å². The van der Waals surface area contributed by atoms with Gasteiger partial charge in [0.05, 0.1) is 0 Å². The Kier molecular flexibility index (Phi) is 4.26. The fraction of sp³-hybridized carbons (Fsp3) is 0.667. The average Bonchev–Trinajstić information content (AvgIpc) is 2.37. The molecule has 1 saturated heterocycles. The molecule has 5 heteroatoms. The van der Waals surface area contributed by atoms with E-state index in [-0.39, 0.29) is 11.4 Å². The number of carbonyl (C=O) groups excluding carboxylic acids is 1. The molecule has 1 aliphatic rings. The Morgan fingerprint density at radius 3 is 2.85 bits per heavy atom. The van der Waals surface area contributed by atoms with Gasteiger partial charge >= 0.3 is 0 Å². The zero-order valence-corrected chi connectivity index (χ0v) is 12.8. The Labute approximate surface area is 120 Å². The normalized spacial score (nSPS) is 19.8. The molecule has 1 aliphatic heterocycles. The van der Waals surface area contributed by atoms with Gasteiger partial charge in [-0.1, -0.05) is 6.92 Å². The standard InChI is InChI=1S/C15H24N4O/c1-11-6-5-9-19(10-11)14-16-8-7-12(17-14)13(20)18-15(2,3)4/h7-8,11H,5-6,9-10H2,1-4H3,(H,18,20). The van der Waals surface area contributed by atoms with E-state index in [0.717, 1.165) is 19.5 Å². The number of hydrogen-bond donors (Lipinski definition) is 1. The summed E-state index contributed by atoms with van der Waals surface area (Å²) in [6.45, 7) is 10.0. The molecule has 0 spiro atoms. The maximum absolute atomic E-state index is 12.1. The van der Waals surface area contributed by atoms with Crippen molar-refractivity contribution in [1.82, 2.24) is 15.3 Å². The lowest BCUT2D eigenvalue weighted by atomic mass is 10.0. The molecule has 1 N–H and O–H groups in total. The van der Waals surface area contributed by atoms with Crippen molar-refractivity contribution < 1.29 is 4.79 Å². The third-order valence-electron chi connectivity index (χ3n) is 3.30. The number of aromatic nitrogens is 2. The Bertz CT molecular complexity index is 481. The second-order valence-corrected chi connectivity index (χ2v) is 6.64. The van der Waals surface area contributed by atoms with Gasteiger partial charge in [-0.2, -0.15) is 0 Å². The molecule has 1 aromatic heterocycles. The Balaban J connectivity index is 2.13. The predicted molar refractivity (Wildman–Crippen MR) is 79.9 cm³/mol. The highest BCUT2D eigenvalue weighted by atomic mass is 16.2. The summed E-state index contributed by atoms with van der Waals surface area (Å²) >= 11 is 0. The van der Waals surface area contributed by atoms with Crippen LogP contribution in [0.15, 0.2) is 12.3 Å². The van der Waals surface area contributed by atoms with Gasteiger partial charge in [-0.25, -0.2) is 9.97 Å². The van der Waals surface area contributed by atoms with E-state index in [1.807, 2.05) is 20.8 Å². The first kappa shape index (κ1) is 14.8. The molecule has 2 heterocycles. The molecule has 1 fully saturated rings. The smallest absolute Gasteiger partial charge is 0.270 e. The van der Waals surface area contributed by atoms with Gasteiger partial charge in [0.15, 0.2) is 0 Å². The lowest BCUT2D eigenvalue weighted by Crippen LogP contribution is -2.41. The van der Waals surface area contributed by atoms with E-state index in [4.69, 9.17) is 0 Å². The van der Waals surface area contributed by atoms with Crippen molar-refractivity contribution >= 4 is 11.9 Å². The van der Waals surface area contributed by atoms with Gasteiger partial charge in [-0.3, -0.25) is 4.79 Å². The van der Waals surface area contributed by atoms with Gasteiger partial charge in [-0.15, -0.1) is 0 Å². The first-order chi connectivity index (χ1) is 9.35. The summed E-state index contributed by atoms with van der Waals surface area (Å²) in [6, 6.07) is 1.66. The SMILES string of the molecule is CC1CCCN(c2nccc(C(=O)NC(C)(C)C)n2)C1. The minimum atomic E-state index is -0.262. The molecule has 1 unspecified atom stereocenters. The number of piperidine rings is 1. The van der Waals surface area contributed by atoms with Crippen molar-refractivity contribution in [3.8, 4) is 0 Å². The second kappa shape index (κ2) is 5.77. The molecule has 0 aromatic carbocycles. The fourth-order valence-corrected chi connectivity index (χ4v) is 2.40. The highest BCUT2D eigenvalue weighted by Crippen LogP contribution is 2.19. The van der Waals surface area contributed by atoms with Crippen LogP contribution < -0.4 is 10.2 Å². The lowest BCUT2D eigenvalue weighted by molar-refractivity contribution is 0.0914. The molecular formula is C15H24N4O. The molecule has 0 aliphatic carbocycles. The largest absolute Gasteiger partial charge is 0.346 e. The van der Waals surface area contributed by atoms with Crippen LogP contribution in [0.2, 0.25) is 0 Å². The number of nitrogens with zero attached hydrogens (tertiary/aromatic N) is 3. The molecule has 0 radical (unpaired) electrons. The number of carbonyl (C=O) groups is 1. The molecule has 2 rings (SSSR count). The van der Waals surface area contributed by atoms with Crippen LogP contribution in [-0.2, 0) is 0 Å². The number of anilines is 1. The van der Waals surface area contributed by atoms with E-state index in [0.29, 0.717) is 17.6 Å². The van der Waals surface area contributed by atoms with E-state index >= 15 is 0 Å². The van der Waals surface area contributed by atoms with E-state index in [1.165, 1.54) is 6.42 Å². The number of rotatable bonds is 2. The Morgan fingerprint density at radius 2 is 2.20 bits per heavy atom. The maximum atomic E-state index is 12.1. The van der Waals surface area contributed by atoms with Crippen molar-refractivity contribution in [1.29, 1.82) is 0 Å². The molecule has 0 bridgehead atoms. The predicted octanol–water partition coefficient (Wildman–Crippen LogP) is 2.24. The van der Waals surface area contributed by atoms with E-state index < -0.39 is 0 Å². The maximum Gasteiger partial charge on any atom is 0.270 e. The van der Waals surface area contributed by atoms with Crippen molar-refractivity contribution in [3.05, 3.63) is 18.0 Å². The fourth-order valence-electron chi connectivity index (χ4n) is 2.40. The highest BCUT2D eigenvalue weighted by molar-refractivity contribution is 5.92. The average molecular weight is 276 g/mol. The third kappa shape index (κ3) is 3.92.